The average molecular weight is 517 g/mol. The van der Waals surface area contributed by atoms with Crippen LogP contribution in [-0.2, 0) is 25.6 Å². The van der Waals surface area contributed by atoms with Crippen molar-refractivity contribution in [3.63, 3.8) is 0 Å². The minimum atomic E-state index is -2.03. The van der Waals surface area contributed by atoms with Crippen LogP contribution in [0.4, 0.5) is 0 Å². The lowest BCUT2D eigenvalue weighted by molar-refractivity contribution is -0.178. The van der Waals surface area contributed by atoms with E-state index in [4.69, 9.17) is 5.73 Å². The molecule has 3 atom stereocenters. The number of nitrogens with zero attached hydrogens (tertiary/aromatic N) is 1. The second-order valence-corrected chi connectivity index (χ2v) is 10.6. The number of hydroxylamine groups is 1. The number of nitrogens with two attached hydrogens (primary N) is 1. The number of hydrogen-bond acceptors (Lipinski definition) is 7. The molecule has 5 N–H and O–H groups in total. The van der Waals surface area contributed by atoms with Crippen LogP contribution in [0.1, 0.15) is 84.6 Å². The zero-order valence-corrected chi connectivity index (χ0v) is 22.7. The largest absolute Gasteiger partial charge is 0.354 e. The molecule has 0 spiro atoms. The second kappa shape index (κ2) is 13.8. The minimum Gasteiger partial charge on any atom is -0.354 e. The number of likely N-dealkylation sites (tertiary alicyclic amines) is 1. The SMILES string of the molecule is CCCCCCCC1(NO)CC(=O)[C@](CC(C)C)(C(=O)NCC)N(C(=O)[C@@H](N)Cc2ccccc2)C1=O. The van der Waals surface area contributed by atoms with Crippen molar-refractivity contribution >= 4 is 23.5 Å². The monoisotopic (exact) mass is 516 g/mol. The van der Waals surface area contributed by atoms with Crippen molar-refractivity contribution in [1.82, 2.24) is 15.7 Å². The molecular formula is C28H44N4O5. The quantitative estimate of drug-likeness (QED) is 0.169. The Morgan fingerprint density at radius 3 is 2.30 bits per heavy atom. The highest BCUT2D eigenvalue weighted by Crippen LogP contribution is 2.39. The van der Waals surface area contributed by atoms with Gasteiger partial charge in [0.1, 0.15) is 5.54 Å². The lowest BCUT2D eigenvalue weighted by Crippen LogP contribution is -2.78. The van der Waals surface area contributed by atoms with Crippen LogP contribution in [0.5, 0.6) is 0 Å². The predicted molar refractivity (Wildman–Crippen MR) is 141 cm³/mol. The molecule has 0 saturated carbocycles. The Labute approximate surface area is 220 Å². The molecule has 1 aromatic carbocycles. The number of carbonyl (C=O) groups excluding carboxylic acids is 4. The third kappa shape index (κ3) is 6.83. The van der Waals surface area contributed by atoms with Crippen molar-refractivity contribution < 1.29 is 24.4 Å². The molecule has 1 heterocycles. The number of unbranched alkanes of at least 4 members (excludes halogenated alkanes) is 4. The van der Waals surface area contributed by atoms with E-state index in [2.05, 4.69) is 17.7 Å². The smallest absolute Gasteiger partial charge is 0.254 e. The Morgan fingerprint density at radius 1 is 1.08 bits per heavy atom. The van der Waals surface area contributed by atoms with E-state index in [1.807, 2.05) is 44.2 Å². The fourth-order valence-electron chi connectivity index (χ4n) is 5.21. The van der Waals surface area contributed by atoms with Crippen LogP contribution in [0.3, 0.4) is 0 Å². The first kappa shape index (κ1) is 30.6. The first-order chi connectivity index (χ1) is 17.6. The van der Waals surface area contributed by atoms with Gasteiger partial charge < -0.3 is 16.3 Å². The summed E-state index contributed by atoms with van der Waals surface area (Å²) < 4.78 is 0. The van der Waals surface area contributed by atoms with Crippen molar-refractivity contribution in [2.24, 2.45) is 11.7 Å². The van der Waals surface area contributed by atoms with E-state index >= 15 is 0 Å². The summed E-state index contributed by atoms with van der Waals surface area (Å²) in [4.78, 5) is 56.3. The number of benzene rings is 1. The molecule has 0 aliphatic carbocycles. The van der Waals surface area contributed by atoms with Gasteiger partial charge in [0.05, 0.1) is 6.04 Å². The first-order valence-corrected chi connectivity index (χ1v) is 13.5. The highest BCUT2D eigenvalue weighted by molar-refractivity contribution is 6.22. The first-order valence-electron chi connectivity index (χ1n) is 13.5. The van der Waals surface area contributed by atoms with E-state index in [0.29, 0.717) is 6.42 Å². The van der Waals surface area contributed by atoms with Crippen LogP contribution < -0.4 is 16.5 Å². The van der Waals surface area contributed by atoms with Crippen molar-refractivity contribution in [3.05, 3.63) is 35.9 Å². The van der Waals surface area contributed by atoms with Gasteiger partial charge in [0.15, 0.2) is 11.3 Å². The van der Waals surface area contributed by atoms with Gasteiger partial charge in [-0.25, -0.2) is 0 Å². The summed E-state index contributed by atoms with van der Waals surface area (Å²) in [5, 5.41) is 12.9. The number of Topliss-reactive ketones (excluding diaryl/α,β-unsaturated/α-hetero) is 1. The number of ketones is 1. The van der Waals surface area contributed by atoms with Crippen LogP contribution in [0.15, 0.2) is 30.3 Å². The van der Waals surface area contributed by atoms with Gasteiger partial charge in [-0.05, 0) is 37.7 Å². The van der Waals surface area contributed by atoms with Crippen LogP contribution in [0.25, 0.3) is 0 Å². The molecule has 206 valence electrons. The highest BCUT2D eigenvalue weighted by atomic mass is 16.5. The van der Waals surface area contributed by atoms with E-state index in [1.54, 1.807) is 6.92 Å². The molecule has 1 saturated heterocycles. The molecule has 1 aliphatic rings. The van der Waals surface area contributed by atoms with E-state index in [0.717, 1.165) is 36.1 Å². The summed E-state index contributed by atoms with van der Waals surface area (Å²) in [6.45, 7) is 7.67. The van der Waals surface area contributed by atoms with E-state index in [9.17, 15) is 24.4 Å². The summed E-state index contributed by atoms with van der Waals surface area (Å²) in [5.41, 5.74) is 5.47. The molecule has 9 heteroatoms. The average Bonchev–Trinajstić information content (AvgIpc) is 2.86. The number of imide groups is 1. The normalized spacial score (nSPS) is 22.8. The number of rotatable bonds is 14. The summed E-state index contributed by atoms with van der Waals surface area (Å²) in [6.07, 6.45) is 4.29. The maximum atomic E-state index is 14.1. The molecule has 3 amide bonds. The molecule has 0 radical (unpaired) electrons. The van der Waals surface area contributed by atoms with Gasteiger partial charge in [-0.3, -0.25) is 24.1 Å². The van der Waals surface area contributed by atoms with Crippen molar-refractivity contribution in [2.45, 2.75) is 103 Å². The summed E-state index contributed by atoms with van der Waals surface area (Å²) in [7, 11) is 0. The van der Waals surface area contributed by atoms with Crippen LogP contribution in [0.2, 0.25) is 0 Å². The number of carbonyl (C=O) groups is 4. The highest BCUT2D eigenvalue weighted by Gasteiger charge is 2.64. The molecule has 1 fully saturated rings. The third-order valence-electron chi connectivity index (χ3n) is 7.09. The predicted octanol–water partition coefficient (Wildman–Crippen LogP) is 2.88. The van der Waals surface area contributed by atoms with Gasteiger partial charge >= 0.3 is 0 Å². The van der Waals surface area contributed by atoms with Crippen molar-refractivity contribution in [3.8, 4) is 0 Å². The Hall–Kier alpha value is -2.62. The topological polar surface area (TPSA) is 142 Å². The Morgan fingerprint density at radius 2 is 1.73 bits per heavy atom. The minimum absolute atomic E-state index is 0.0365. The number of nitrogens with one attached hydrogen (secondary N) is 2. The maximum Gasteiger partial charge on any atom is 0.254 e. The molecular weight excluding hydrogens is 472 g/mol. The molecule has 9 nitrogen and oxygen atoms in total. The summed E-state index contributed by atoms with van der Waals surface area (Å²) in [5.74, 6) is -3.06. The number of likely N-dealkylation sites (N-methyl/N-ethyl adjacent to an activating group) is 1. The third-order valence-corrected chi connectivity index (χ3v) is 7.09. The van der Waals surface area contributed by atoms with Crippen molar-refractivity contribution in [2.75, 3.05) is 6.54 Å². The molecule has 0 bridgehead atoms. The fraction of sp³-hybridized carbons (Fsp3) is 0.643. The zero-order chi connectivity index (χ0) is 27.6. The van der Waals surface area contributed by atoms with E-state index in [1.165, 1.54) is 0 Å². The Kier molecular flexibility index (Phi) is 11.4. The van der Waals surface area contributed by atoms with Crippen LogP contribution in [0, 0.1) is 5.92 Å². The summed E-state index contributed by atoms with van der Waals surface area (Å²) in [6, 6.07) is 7.94. The molecule has 1 aromatic rings. The molecule has 2 rings (SSSR count). The van der Waals surface area contributed by atoms with Gasteiger partial charge in [-0.15, -0.1) is 0 Å². The van der Waals surface area contributed by atoms with Gasteiger partial charge in [-0.1, -0.05) is 83.2 Å². The second-order valence-electron chi connectivity index (χ2n) is 10.6. The zero-order valence-electron chi connectivity index (χ0n) is 22.7. The molecule has 0 aromatic heterocycles. The number of amides is 3. The van der Waals surface area contributed by atoms with Crippen LogP contribution in [-0.4, -0.2) is 57.3 Å². The standard InChI is InChI=1S/C28H44N4O5/c1-5-7-8-9-13-16-27(31-37)19-23(33)28(18-20(3)4,25(35)30-6-2)32(26(27)36)24(34)22(29)17-21-14-11-10-12-15-21/h10-12,14-15,20,22,31,37H,5-9,13,16-19,29H2,1-4H3,(H,30,35)/t22-,27?,28+/m0/s1. The number of hydrogen-bond donors (Lipinski definition) is 4. The number of piperidine rings is 1. The Bertz CT molecular complexity index is 938. The van der Waals surface area contributed by atoms with Crippen molar-refractivity contribution in [1.29, 1.82) is 0 Å². The summed E-state index contributed by atoms with van der Waals surface area (Å²) >= 11 is 0. The lowest BCUT2D eigenvalue weighted by atomic mass is 9.70. The van der Waals surface area contributed by atoms with Gasteiger partial charge in [0.2, 0.25) is 5.91 Å². The molecule has 1 aliphatic heterocycles. The fourth-order valence-corrected chi connectivity index (χ4v) is 5.21. The molecule has 37 heavy (non-hydrogen) atoms. The van der Waals surface area contributed by atoms with Gasteiger partial charge in [-0.2, -0.15) is 5.48 Å². The lowest BCUT2D eigenvalue weighted by Gasteiger charge is -2.50. The van der Waals surface area contributed by atoms with Crippen LogP contribution >= 0.6 is 0 Å². The van der Waals surface area contributed by atoms with E-state index in [-0.39, 0.29) is 31.7 Å². The molecule has 1 unspecified atom stereocenters. The van der Waals surface area contributed by atoms with Gasteiger partial charge in [0, 0.05) is 13.0 Å². The Balaban J connectivity index is 2.56. The van der Waals surface area contributed by atoms with E-state index < -0.39 is 47.0 Å². The van der Waals surface area contributed by atoms with Gasteiger partial charge in [0.25, 0.3) is 11.8 Å². The maximum absolute atomic E-state index is 14.1.